The summed E-state index contributed by atoms with van der Waals surface area (Å²) in [4.78, 5) is 16.1. The highest BCUT2D eigenvalue weighted by molar-refractivity contribution is 5.76. The van der Waals surface area contributed by atoms with E-state index >= 15 is 0 Å². The van der Waals surface area contributed by atoms with E-state index in [9.17, 15) is 4.79 Å². The van der Waals surface area contributed by atoms with Gasteiger partial charge in [0.15, 0.2) is 0 Å². The zero-order valence-corrected chi connectivity index (χ0v) is 11.3. The van der Waals surface area contributed by atoms with Crippen molar-refractivity contribution in [1.29, 1.82) is 0 Å². The van der Waals surface area contributed by atoms with Crippen LogP contribution in [0.25, 0.3) is 0 Å². The van der Waals surface area contributed by atoms with Gasteiger partial charge in [0.05, 0.1) is 31.4 Å². The Morgan fingerprint density at radius 3 is 3.26 bits per heavy atom. The second-order valence-corrected chi connectivity index (χ2v) is 4.64. The van der Waals surface area contributed by atoms with E-state index in [1.54, 1.807) is 6.20 Å². The highest BCUT2D eigenvalue weighted by atomic mass is 16.5. The van der Waals surface area contributed by atoms with Gasteiger partial charge < -0.3 is 15.4 Å². The molecule has 0 aliphatic carbocycles. The van der Waals surface area contributed by atoms with Crippen LogP contribution in [-0.2, 0) is 22.5 Å². The molecule has 1 unspecified atom stereocenters. The zero-order chi connectivity index (χ0) is 13.5. The minimum Gasteiger partial charge on any atom is -0.375 e. The molecule has 1 aliphatic rings. The van der Waals surface area contributed by atoms with Gasteiger partial charge >= 0.3 is 0 Å². The molecular formula is C14H21N3O2. The van der Waals surface area contributed by atoms with Gasteiger partial charge in [-0.3, -0.25) is 9.78 Å². The van der Waals surface area contributed by atoms with Crippen LogP contribution in [0.3, 0.4) is 0 Å². The van der Waals surface area contributed by atoms with Crippen molar-refractivity contribution in [2.75, 3.05) is 19.7 Å². The Balaban J connectivity index is 1.79. The number of pyridine rings is 1. The number of rotatable bonds is 5. The van der Waals surface area contributed by atoms with Gasteiger partial charge in [-0.25, -0.2) is 0 Å². The Bertz CT molecular complexity index is 417. The van der Waals surface area contributed by atoms with Crippen molar-refractivity contribution in [2.24, 2.45) is 0 Å². The molecule has 0 saturated carbocycles. The standard InChI is InChI=1S/C14H21N3O2/c1-2-11-4-3-5-16-13(11)10-17-14(18)8-12-9-15-6-7-19-12/h3-5,12,15H,2,6-10H2,1H3,(H,17,18). The van der Waals surface area contributed by atoms with Crippen LogP contribution in [0.2, 0.25) is 0 Å². The number of carbonyl (C=O) groups is 1. The average molecular weight is 263 g/mol. The molecule has 0 radical (unpaired) electrons. The molecule has 19 heavy (non-hydrogen) atoms. The summed E-state index contributed by atoms with van der Waals surface area (Å²) in [5.41, 5.74) is 2.12. The largest absolute Gasteiger partial charge is 0.375 e. The molecule has 104 valence electrons. The molecule has 1 aliphatic heterocycles. The van der Waals surface area contributed by atoms with Crippen LogP contribution < -0.4 is 10.6 Å². The molecule has 2 rings (SSSR count). The van der Waals surface area contributed by atoms with Crippen LogP contribution in [-0.4, -0.2) is 36.7 Å². The van der Waals surface area contributed by atoms with E-state index in [2.05, 4.69) is 22.5 Å². The third-order valence-corrected chi connectivity index (χ3v) is 3.24. The molecule has 1 amide bonds. The summed E-state index contributed by atoms with van der Waals surface area (Å²) in [5.74, 6) is 0.0152. The summed E-state index contributed by atoms with van der Waals surface area (Å²) < 4.78 is 5.51. The third-order valence-electron chi connectivity index (χ3n) is 3.24. The SMILES string of the molecule is CCc1cccnc1CNC(=O)CC1CNCCO1. The summed E-state index contributed by atoms with van der Waals surface area (Å²) >= 11 is 0. The maximum atomic E-state index is 11.8. The van der Waals surface area contributed by atoms with Gasteiger partial charge in [-0.05, 0) is 18.1 Å². The van der Waals surface area contributed by atoms with Crippen molar-refractivity contribution in [2.45, 2.75) is 32.4 Å². The molecule has 1 saturated heterocycles. The number of nitrogens with zero attached hydrogens (tertiary/aromatic N) is 1. The first-order valence-corrected chi connectivity index (χ1v) is 6.81. The topological polar surface area (TPSA) is 63.2 Å². The molecule has 2 heterocycles. The van der Waals surface area contributed by atoms with E-state index in [4.69, 9.17) is 4.74 Å². The highest BCUT2D eigenvalue weighted by Crippen LogP contribution is 2.06. The lowest BCUT2D eigenvalue weighted by Gasteiger charge is -2.23. The molecule has 1 atom stereocenters. The number of ether oxygens (including phenoxy) is 1. The van der Waals surface area contributed by atoms with Gasteiger partial charge in [0.25, 0.3) is 0 Å². The number of aryl methyl sites for hydroxylation is 1. The molecule has 0 bridgehead atoms. The van der Waals surface area contributed by atoms with Crippen LogP contribution in [0.4, 0.5) is 0 Å². The van der Waals surface area contributed by atoms with Gasteiger partial charge in [0.2, 0.25) is 5.91 Å². The second kappa shape index (κ2) is 7.21. The van der Waals surface area contributed by atoms with E-state index in [-0.39, 0.29) is 12.0 Å². The molecule has 1 fully saturated rings. The van der Waals surface area contributed by atoms with Crippen molar-refractivity contribution in [3.63, 3.8) is 0 Å². The number of morpholine rings is 1. The lowest BCUT2D eigenvalue weighted by molar-refractivity contribution is -0.124. The van der Waals surface area contributed by atoms with E-state index in [0.29, 0.717) is 19.6 Å². The predicted octanol–water partition coefficient (Wildman–Crippen LogP) is 0.639. The maximum absolute atomic E-state index is 11.8. The number of amides is 1. The van der Waals surface area contributed by atoms with Gasteiger partial charge in [-0.1, -0.05) is 13.0 Å². The third kappa shape index (κ3) is 4.29. The molecule has 2 N–H and O–H groups in total. The lowest BCUT2D eigenvalue weighted by atomic mass is 10.1. The van der Waals surface area contributed by atoms with Gasteiger partial charge in [0.1, 0.15) is 0 Å². The van der Waals surface area contributed by atoms with Gasteiger partial charge in [0, 0.05) is 19.3 Å². The minimum absolute atomic E-state index is 0.0110. The Morgan fingerprint density at radius 1 is 1.63 bits per heavy atom. The monoisotopic (exact) mass is 263 g/mol. The summed E-state index contributed by atoms with van der Waals surface area (Å²) in [6.07, 6.45) is 3.08. The minimum atomic E-state index is -0.0110. The van der Waals surface area contributed by atoms with Crippen molar-refractivity contribution >= 4 is 5.91 Å². The van der Waals surface area contributed by atoms with Crippen molar-refractivity contribution in [3.05, 3.63) is 29.6 Å². The number of aromatic nitrogens is 1. The van der Waals surface area contributed by atoms with Crippen LogP contribution >= 0.6 is 0 Å². The predicted molar refractivity (Wildman–Crippen MR) is 72.7 cm³/mol. The summed E-state index contributed by atoms with van der Waals surface area (Å²) in [7, 11) is 0. The van der Waals surface area contributed by atoms with E-state index < -0.39 is 0 Å². The fourth-order valence-electron chi connectivity index (χ4n) is 2.16. The van der Waals surface area contributed by atoms with Crippen LogP contribution in [0.1, 0.15) is 24.6 Å². The fourth-order valence-corrected chi connectivity index (χ4v) is 2.16. The first-order chi connectivity index (χ1) is 9.29. The lowest BCUT2D eigenvalue weighted by Crippen LogP contribution is -2.41. The molecule has 5 heteroatoms. The summed E-state index contributed by atoms with van der Waals surface area (Å²) in [6.45, 7) is 4.87. The Morgan fingerprint density at radius 2 is 2.53 bits per heavy atom. The van der Waals surface area contributed by atoms with Gasteiger partial charge in [-0.2, -0.15) is 0 Å². The Kier molecular flexibility index (Phi) is 5.30. The Labute approximate surface area is 113 Å². The molecule has 0 spiro atoms. The maximum Gasteiger partial charge on any atom is 0.222 e. The molecular weight excluding hydrogens is 242 g/mol. The molecule has 1 aromatic heterocycles. The van der Waals surface area contributed by atoms with Crippen LogP contribution in [0, 0.1) is 0 Å². The molecule has 1 aromatic rings. The average Bonchev–Trinajstić information content (AvgIpc) is 2.46. The smallest absolute Gasteiger partial charge is 0.222 e. The van der Waals surface area contributed by atoms with Gasteiger partial charge in [-0.15, -0.1) is 0 Å². The van der Waals surface area contributed by atoms with Crippen LogP contribution in [0.15, 0.2) is 18.3 Å². The summed E-state index contributed by atoms with van der Waals surface area (Å²) in [5, 5.41) is 6.13. The first kappa shape index (κ1) is 14.0. The first-order valence-electron chi connectivity index (χ1n) is 6.81. The van der Waals surface area contributed by atoms with E-state index in [1.807, 2.05) is 12.1 Å². The zero-order valence-electron chi connectivity index (χ0n) is 11.3. The second-order valence-electron chi connectivity index (χ2n) is 4.64. The molecule has 5 nitrogen and oxygen atoms in total. The van der Waals surface area contributed by atoms with E-state index in [1.165, 1.54) is 5.56 Å². The van der Waals surface area contributed by atoms with Crippen molar-refractivity contribution in [1.82, 2.24) is 15.6 Å². The molecule has 0 aromatic carbocycles. The van der Waals surface area contributed by atoms with E-state index in [0.717, 1.165) is 25.2 Å². The van der Waals surface area contributed by atoms with Crippen molar-refractivity contribution in [3.8, 4) is 0 Å². The number of carbonyl (C=O) groups excluding carboxylic acids is 1. The number of nitrogens with one attached hydrogen (secondary N) is 2. The Hall–Kier alpha value is -1.46. The van der Waals surface area contributed by atoms with Crippen molar-refractivity contribution < 1.29 is 9.53 Å². The number of hydrogen-bond donors (Lipinski definition) is 2. The highest BCUT2D eigenvalue weighted by Gasteiger charge is 2.17. The van der Waals surface area contributed by atoms with Crippen LogP contribution in [0.5, 0.6) is 0 Å². The normalized spacial score (nSPS) is 19.1. The number of hydrogen-bond acceptors (Lipinski definition) is 4. The quantitative estimate of drug-likeness (QED) is 0.818. The fraction of sp³-hybridized carbons (Fsp3) is 0.571. The summed E-state index contributed by atoms with van der Waals surface area (Å²) in [6, 6.07) is 3.97.